The van der Waals surface area contributed by atoms with Crippen molar-refractivity contribution in [2.75, 3.05) is 0 Å². The van der Waals surface area contributed by atoms with Gasteiger partial charge < -0.3 is 0 Å². The third-order valence-electron chi connectivity index (χ3n) is 3.41. The van der Waals surface area contributed by atoms with Gasteiger partial charge in [-0.3, -0.25) is 0 Å². The first kappa shape index (κ1) is 22.3. The van der Waals surface area contributed by atoms with E-state index in [1.54, 1.807) is 5.56 Å². The zero-order chi connectivity index (χ0) is 17.7. The Hall–Kier alpha value is -2.02. The summed E-state index contributed by atoms with van der Waals surface area (Å²) >= 11 is 0. The Morgan fingerprint density at radius 3 is 1.36 bits per heavy atom. The molecule has 0 saturated heterocycles. The van der Waals surface area contributed by atoms with Crippen molar-refractivity contribution >= 4 is 12.2 Å². The van der Waals surface area contributed by atoms with Crippen LogP contribution in [-0.2, 0) is 9.59 Å². The van der Waals surface area contributed by atoms with Crippen LogP contribution in [0.3, 0.4) is 0 Å². The zero-order valence-electron chi connectivity index (χ0n) is 14.4. The Balaban J connectivity index is 0. The molecule has 0 aliphatic carbocycles. The van der Waals surface area contributed by atoms with Crippen molar-refractivity contribution in [1.82, 2.24) is 0 Å². The van der Waals surface area contributed by atoms with Crippen molar-refractivity contribution in [1.29, 1.82) is 10.8 Å². The highest BCUT2D eigenvalue weighted by Crippen LogP contribution is 2.36. The first-order chi connectivity index (χ1) is 10.3. The maximum atomic E-state index is 8.35. The Morgan fingerprint density at radius 1 is 0.773 bits per heavy atom. The van der Waals surface area contributed by atoms with Gasteiger partial charge in [-0.05, 0) is 34.8 Å². The quantitative estimate of drug-likeness (QED) is 0.605. The van der Waals surface area contributed by atoms with Gasteiger partial charge in [0.2, 0.25) is 12.2 Å². The van der Waals surface area contributed by atoms with Gasteiger partial charge in [0.15, 0.2) is 0 Å². The molecule has 0 atom stereocenters. The molecule has 0 aliphatic heterocycles. The number of rotatable bonds is 4. The van der Waals surface area contributed by atoms with Gasteiger partial charge in [-0.25, -0.2) is 20.4 Å². The molecular formula is C18H28N2O2. The first-order valence-electron chi connectivity index (χ1n) is 7.44. The van der Waals surface area contributed by atoms with E-state index in [1.807, 2.05) is 0 Å². The highest BCUT2D eigenvalue weighted by molar-refractivity contribution is 5.33. The maximum absolute atomic E-state index is 8.35. The van der Waals surface area contributed by atoms with Gasteiger partial charge in [-0.1, -0.05) is 65.8 Å². The molecule has 0 spiro atoms. The zero-order valence-corrected chi connectivity index (χ0v) is 14.4. The molecule has 0 unspecified atom stereocenters. The van der Waals surface area contributed by atoms with Gasteiger partial charge in [0, 0.05) is 0 Å². The van der Waals surface area contributed by atoms with Gasteiger partial charge in [0.05, 0.1) is 0 Å². The highest BCUT2D eigenvalue weighted by atomic mass is 16.1. The number of isocyanates is 2. The second-order valence-corrected chi connectivity index (χ2v) is 6.00. The summed E-state index contributed by atoms with van der Waals surface area (Å²) in [5.41, 5.74) is 3.08. The minimum Gasteiger partial charge on any atom is -0.222 e. The molecule has 2 N–H and O–H groups in total. The molecule has 4 heteroatoms. The molecule has 0 fully saturated rings. The molecule has 0 saturated carbocycles. The number of carbonyl (C=O) groups excluding carboxylic acids is 2. The van der Waals surface area contributed by atoms with Gasteiger partial charge in [0.1, 0.15) is 0 Å². The fourth-order valence-electron chi connectivity index (χ4n) is 2.83. The molecule has 22 heavy (non-hydrogen) atoms. The van der Waals surface area contributed by atoms with Crippen LogP contribution in [0.1, 0.15) is 64.5 Å². The summed E-state index contributed by atoms with van der Waals surface area (Å²) in [6.45, 7) is 13.9. The van der Waals surface area contributed by atoms with E-state index in [9.17, 15) is 0 Å². The Labute approximate surface area is 134 Å². The van der Waals surface area contributed by atoms with Gasteiger partial charge >= 0.3 is 0 Å². The van der Waals surface area contributed by atoms with Crippen LogP contribution < -0.4 is 0 Å². The average Bonchev–Trinajstić information content (AvgIpc) is 2.40. The van der Waals surface area contributed by atoms with Crippen LogP contribution in [0, 0.1) is 22.7 Å². The van der Waals surface area contributed by atoms with Crippen molar-refractivity contribution in [2.24, 2.45) is 11.8 Å². The molecule has 122 valence electrons. The van der Waals surface area contributed by atoms with E-state index in [-0.39, 0.29) is 0 Å². The Kier molecular flexibility index (Phi) is 12.9. The number of hydrogen-bond donors (Lipinski definition) is 2. The van der Waals surface area contributed by atoms with Crippen LogP contribution >= 0.6 is 0 Å². The summed E-state index contributed by atoms with van der Waals surface area (Å²) in [5, 5.41) is 10.8. The van der Waals surface area contributed by atoms with Crippen molar-refractivity contribution in [3.8, 4) is 0 Å². The second-order valence-electron chi connectivity index (χ2n) is 6.00. The van der Waals surface area contributed by atoms with Crippen molar-refractivity contribution in [3.63, 3.8) is 0 Å². The highest BCUT2D eigenvalue weighted by Gasteiger charge is 2.22. The second kappa shape index (κ2) is 12.7. The van der Waals surface area contributed by atoms with Gasteiger partial charge in [-0.15, -0.1) is 0 Å². The van der Waals surface area contributed by atoms with Crippen LogP contribution in [0.15, 0.2) is 24.3 Å². The van der Waals surface area contributed by atoms with E-state index >= 15 is 0 Å². The predicted octanol–water partition coefficient (Wildman–Crippen LogP) is 5.01. The fourth-order valence-corrected chi connectivity index (χ4v) is 2.83. The van der Waals surface area contributed by atoms with E-state index < -0.39 is 0 Å². The molecule has 0 radical (unpaired) electrons. The molecule has 0 aromatic heterocycles. The summed E-state index contributed by atoms with van der Waals surface area (Å²) < 4.78 is 0. The summed E-state index contributed by atoms with van der Waals surface area (Å²) in [7, 11) is 0. The lowest BCUT2D eigenvalue weighted by atomic mass is 9.76. The van der Waals surface area contributed by atoms with E-state index in [1.165, 1.54) is 5.56 Å². The first-order valence-corrected chi connectivity index (χ1v) is 7.44. The smallest absolute Gasteiger partial charge is 0.222 e. The summed E-state index contributed by atoms with van der Waals surface area (Å²) in [5.74, 6) is 2.72. The van der Waals surface area contributed by atoms with Crippen LogP contribution in [0.2, 0.25) is 0 Å². The molecule has 0 bridgehead atoms. The third kappa shape index (κ3) is 8.31. The van der Waals surface area contributed by atoms with Crippen molar-refractivity contribution < 1.29 is 9.59 Å². The monoisotopic (exact) mass is 304 g/mol. The lowest BCUT2D eigenvalue weighted by molar-refractivity contribution is 0.384. The van der Waals surface area contributed by atoms with Crippen LogP contribution in [0.4, 0.5) is 0 Å². The summed E-state index contributed by atoms with van der Waals surface area (Å²) in [6, 6.07) is 8.95. The van der Waals surface area contributed by atoms with E-state index in [4.69, 9.17) is 20.4 Å². The average molecular weight is 304 g/mol. The lowest BCUT2D eigenvalue weighted by Crippen LogP contribution is -2.15. The van der Waals surface area contributed by atoms with Crippen LogP contribution in [-0.4, -0.2) is 12.2 Å². The molecular weight excluding hydrogens is 276 g/mol. The fraction of sp³-hybridized carbons (Fsp3) is 0.556. The Morgan fingerprint density at radius 2 is 1.09 bits per heavy atom. The van der Waals surface area contributed by atoms with Gasteiger partial charge in [-0.2, -0.15) is 0 Å². The Bertz CT molecular complexity index is 462. The third-order valence-corrected chi connectivity index (χ3v) is 3.41. The van der Waals surface area contributed by atoms with Crippen LogP contribution in [0.25, 0.3) is 0 Å². The minimum absolute atomic E-state index is 0.621. The number of hydrogen-bond acceptors (Lipinski definition) is 4. The van der Waals surface area contributed by atoms with Crippen LogP contribution in [0.5, 0.6) is 0 Å². The van der Waals surface area contributed by atoms with E-state index in [0.29, 0.717) is 23.7 Å². The molecule has 0 aliphatic rings. The molecule has 1 aromatic carbocycles. The number of benzene rings is 1. The maximum Gasteiger partial charge on any atom is 0.231 e. The van der Waals surface area contributed by atoms with Gasteiger partial charge in [0.25, 0.3) is 0 Å². The summed E-state index contributed by atoms with van der Waals surface area (Å²) in [6.07, 6.45) is 1.50. The normalized spacial score (nSPS) is 9.55. The minimum atomic E-state index is 0.621. The predicted molar refractivity (Wildman–Crippen MR) is 89.8 cm³/mol. The van der Waals surface area contributed by atoms with Crippen molar-refractivity contribution in [3.05, 3.63) is 35.4 Å². The van der Waals surface area contributed by atoms with Crippen molar-refractivity contribution in [2.45, 2.75) is 53.4 Å². The lowest BCUT2D eigenvalue weighted by Gasteiger charge is -2.28. The largest absolute Gasteiger partial charge is 0.231 e. The molecule has 4 nitrogen and oxygen atoms in total. The molecule has 0 amide bonds. The number of nitrogens with one attached hydrogen (secondary N) is 2. The standard InChI is InChI=1S/C16H26.2CHNO/c1-11(2)14-9-7-8-10-15(14)16(12(3)4)13(5)6;2*2-1-3/h7-13,16H,1-6H3;2*2H. The van der Waals surface area contributed by atoms with E-state index in [2.05, 4.69) is 65.8 Å². The molecule has 0 heterocycles. The van der Waals surface area contributed by atoms with E-state index in [0.717, 1.165) is 12.2 Å². The molecule has 1 rings (SSSR count). The summed E-state index contributed by atoms with van der Waals surface area (Å²) in [4.78, 5) is 16.7. The molecule has 1 aromatic rings. The SMILES string of the molecule is CC(C)c1ccccc1C(C(C)C)C(C)C.N=C=O.N=C=O. The topological polar surface area (TPSA) is 81.8 Å².